The summed E-state index contributed by atoms with van der Waals surface area (Å²) >= 11 is 0. The first-order valence-electron chi connectivity index (χ1n) is 12.5. The predicted molar refractivity (Wildman–Crippen MR) is 138 cm³/mol. The van der Waals surface area contributed by atoms with Crippen molar-refractivity contribution in [1.29, 1.82) is 0 Å². The van der Waals surface area contributed by atoms with Crippen molar-refractivity contribution in [3.63, 3.8) is 0 Å². The maximum Gasteiger partial charge on any atom is 0.303 e. The molecule has 0 radical (unpaired) electrons. The number of hydrogen-bond acceptors (Lipinski definition) is 4. The van der Waals surface area contributed by atoms with Gasteiger partial charge in [0.2, 0.25) is 0 Å². The number of benzene rings is 3. The molecule has 0 spiro atoms. The van der Waals surface area contributed by atoms with Crippen LogP contribution in [0.25, 0.3) is 22.3 Å². The van der Waals surface area contributed by atoms with E-state index in [9.17, 15) is 18.0 Å². The summed E-state index contributed by atoms with van der Waals surface area (Å²) in [5.41, 5.74) is 2.01. The van der Waals surface area contributed by atoms with Crippen LogP contribution in [-0.4, -0.2) is 32.6 Å². The molecule has 3 heterocycles. The fourth-order valence-electron chi connectivity index (χ4n) is 5.01. The molecule has 0 amide bonds. The molecule has 6 rings (SSSR count). The lowest BCUT2D eigenvalue weighted by Crippen LogP contribution is -2.31. The van der Waals surface area contributed by atoms with Crippen LogP contribution >= 0.6 is 0 Å². The monoisotopic (exact) mass is 550 g/mol. The number of ether oxygens (including phenoxy) is 1. The highest BCUT2D eigenvalue weighted by Crippen LogP contribution is 2.36. The van der Waals surface area contributed by atoms with Gasteiger partial charge in [0.1, 0.15) is 23.2 Å². The molecule has 5 aromatic rings. The SMILES string of the molecule is O=C(O)CCc1cccc([C@H]2NCCc3nc(-c4cc(Oc5c(F)cc6[nH]ccc6c5F)ccc4F)[nH]c32)c1F. The van der Waals surface area contributed by atoms with Gasteiger partial charge in [-0.25, -0.2) is 22.5 Å². The summed E-state index contributed by atoms with van der Waals surface area (Å²) in [6.45, 7) is 0.479. The van der Waals surface area contributed by atoms with Crippen LogP contribution in [0.3, 0.4) is 0 Å². The van der Waals surface area contributed by atoms with Gasteiger partial charge in [-0.2, -0.15) is 0 Å². The summed E-state index contributed by atoms with van der Waals surface area (Å²) in [6, 6.07) is 10.4. The van der Waals surface area contributed by atoms with Crippen LogP contribution in [0, 0.1) is 23.3 Å². The molecule has 1 aliphatic rings. The minimum absolute atomic E-state index is 0.00451. The second kappa shape index (κ2) is 10.2. The lowest BCUT2D eigenvalue weighted by molar-refractivity contribution is -0.136. The van der Waals surface area contributed by atoms with Crippen LogP contribution in [0.4, 0.5) is 17.6 Å². The number of H-pyrrole nitrogens is 2. The molecule has 3 aromatic carbocycles. The van der Waals surface area contributed by atoms with Gasteiger partial charge in [-0.1, -0.05) is 18.2 Å². The fourth-order valence-corrected chi connectivity index (χ4v) is 5.01. The van der Waals surface area contributed by atoms with Gasteiger partial charge in [-0.05, 0) is 36.2 Å². The molecule has 11 heteroatoms. The summed E-state index contributed by atoms with van der Waals surface area (Å²) in [7, 11) is 0. The molecule has 0 saturated heterocycles. The van der Waals surface area contributed by atoms with E-state index in [1.807, 2.05) is 0 Å². The van der Waals surface area contributed by atoms with E-state index in [0.717, 1.165) is 12.1 Å². The van der Waals surface area contributed by atoms with E-state index < -0.39 is 41.0 Å². The molecule has 40 heavy (non-hydrogen) atoms. The zero-order valence-electron chi connectivity index (χ0n) is 20.8. The molecule has 4 N–H and O–H groups in total. The van der Waals surface area contributed by atoms with Gasteiger partial charge in [-0.3, -0.25) is 4.79 Å². The van der Waals surface area contributed by atoms with Crippen molar-refractivity contribution in [2.75, 3.05) is 6.54 Å². The van der Waals surface area contributed by atoms with Gasteiger partial charge in [0.25, 0.3) is 0 Å². The highest BCUT2D eigenvalue weighted by atomic mass is 19.1. The molecular formula is C29H22F4N4O3. The minimum Gasteiger partial charge on any atom is -0.481 e. The van der Waals surface area contributed by atoms with Crippen LogP contribution in [0.15, 0.2) is 54.7 Å². The van der Waals surface area contributed by atoms with Gasteiger partial charge in [0.05, 0.1) is 28.5 Å². The standard InChI is InChI=1S/C29H22F4N4O3/c30-19-6-5-15(40-28-20(31)13-22-16(25(28)33)8-10-34-22)12-18(19)29-36-21-9-11-35-26(27(21)37-29)17-3-1-2-14(24(17)32)4-7-23(38)39/h1-3,5-6,8,10,12-13,26,34-35H,4,7,9,11H2,(H,36,37)(H,38,39)/t26-/m1/s1. The summed E-state index contributed by atoms with van der Waals surface area (Å²) < 4.78 is 65.4. The highest BCUT2D eigenvalue weighted by Gasteiger charge is 2.29. The summed E-state index contributed by atoms with van der Waals surface area (Å²) in [5.74, 6) is -4.49. The van der Waals surface area contributed by atoms with Crippen LogP contribution in [0.2, 0.25) is 0 Å². The highest BCUT2D eigenvalue weighted by molar-refractivity contribution is 5.82. The molecule has 204 valence electrons. The Bertz CT molecular complexity index is 1760. The zero-order chi connectivity index (χ0) is 28.0. The number of carboxylic acid groups (broad SMARTS) is 1. The predicted octanol–water partition coefficient (Wildman–Crippen LogP) is 6.16. The Labute approximate surface area is 224 Å². The maximum absolute atomic E-state index is 15.4. The molecule has 0 unspecified atom stereocenters. The Kier molecular flexibility index (Phi) is 6.51. The average Bonchev–Trinajstić information content (AvgIpc) is 3.58. The van der Waals surface area contributed by atoms with Crippen molar-refractivity contribution < 1.29 is 32.2 Å². The third-order valence-electron chi connectivity index (χ3n) is 6.95. The van der Waals surface area contributed by atoms with Gasteiger partial charge in [0.15, 0.2) is 17.4 Å². The zero-order valence-corrected chi connectivity index (χ0v) is 20.8. The van der Waals surface area contributed by atoms with E-state index in [2.05, 4.69) is 20.3 Å². The number of nitrogens with zero attached hydrogens (tertiary/aromatic N) is 1. The van der Waals surface area contributed by atoms with Crippen LogP contribution < -0.4 is 10.1 Å². The van der Waals surface area contributed by atoms with Gasteiger partial charge in [0, 0.05) is 42.6 Å². The van der Waals surface area contributed by atoms with Gasteiger partial charge in [-0.15, -0.1) is 0 Å². The largest absolute Gasteiger partial charge is 0.481 e. The number of aryl methyl sites for hydroxylation is 1. The first-order chi connectivity index (χ1) is 19.3. The van der Waals surface area contributed by atoms with E-state index in [1.54, 1.807) is 18.2 Å². The van der Waals surface area contributed by atoms with Crippen molar-refractivity contribution in [3.05, 3.63) is 101 Å². The summed E-state index contributed by atoms with van der Waals surface area (Å²) in [4.78, 5) is 21.3. The normalized spacial score (nSPS) is 14.8. The number of aliphatic carboxylic acids is 1. The Morgan fingerprint density at radius 2 is 1.90 bits per heavy atom. The summed E-state index contributed by atoms with van der Waals surface area (Å²) in [6.07, 6.45) is 1.81. The van der Waals surface area contributed by atoms with E-state index >= 15 is 4.39 Å². The third-order valence-corrected chi connectivity index (χ3v) is 6.95. The maximum atomic E-state index is 15.4. The van der Waals surface area contributed by atoms with E-state index in [-0.39, 0.29) is 46.4 Å². The topological polar surface area (TPSA) is 103 Å². The Balaban J connectivity index is 1.34. The van der Waals surface area contributed by atoms with E-state index in [1.165, 1.54) is 24.4 Å². The number of aromatic nitrogens is 3. The quantitative estimate of drug-likeness (QED) is 0.182. The average molecular weight is 551 g/mol. The first-order valence-corrected chi connectivity index (χ1v) is 12.5. The lowest BCUT2D eigenvalue weighted by Gasteiger charge is -2.24. The molecule has 0 bridgehead atoms. The van der Waals surface area contributed by atoms with Crippen LogP contribution in [0.5, 0.6) is 11.5 Å². The lowest BCUT2D eigenvalue weighted by atomic mass is 9.95. The number of carboxylic acids is 1. The Morgan fingerprint density at radius 3 is 2.73 bits per heavy atom. The number of fused-ring (bicyclic) bond motifs is 2. The van der Waals surface area contributed by atoms with Crippen LogP contribution in [-0.2, 0) is 17.6 Å². The molecule has 0 fully saturated rings. The van der Waals surface area contributed by atoms with Crippen molar-refractivity contribution in [1.82, 2.24) is 20.3 Å². The number of imidazole rings is 1. The number of nitrogens with one attached hydrogen (secondary N) is 3. The number of rotatable bonds is 7. The molecule has 7 nitrogen and oxygen atoms in total. The minimum atomic E-state index is -1.02. The molecule has 1 atom stereocenters. The molecule has 2 aromatic heterocycles. The molecule has 0 saturated carbocycles. The summed E-state index contributed by atoms with van der Waals surface area (Å²) in [5, 5.41) is 12.4. The number of carbonyl (C=O) groups is 1. The second-order valence-corrected chi connectivity index (χ2v) is 9.48. The van der Waals surface area contributed by atoms with Crippen molar-refractivity contribution in [2.45, 2.75) is 25.3 Å². The van der Waals surface area contributed by atoms with Crippen molar-refractivity contribution in [2.24, 2.45) is 0 Å². The molecule has 0 aliphatic carbocycles. The van der Waals surface area contributed by atoms with Gasteiger partial charge < -0.3 is 25.1 Å². The first kappa shape index (κ1) is 25.6. The van der Waals surface area contributed by atoms with Gasteiger partial charge >= 0.3 is 5.97 Å². The van der Waals surface area contributed by atoms with Crippen molar-refractivity contribution in [3.8, 4) is 22.9 Å². The van der Waals surface area contributed by atoms with E-state index in [4.69, 9.17) is 9.84 Å². The van der Waals surface area contributed by atoms with E-state index in [0.29, 0.717) is 29.9 Å². The van der Waals surface area contributed by atoms with Crippen LogP contribution in [0.1, 0.15) is 35.0 Å². The Morgan fingerprint density at radius 1 is 1.05 bits per heavy atom. The van der Waals surface area contributed by atoms with Crippen molar-refractivity contribution >= 4 is 16.9 Å². The number of aromatic amines is 2. The fraction of sp³-hybridized carbons (Fsp3) is 0.172. The smallest absolute Gasteiger partial charge is 0.303 e. The molecule has 1 aliphatic heterocycles. The number of hydrogen-bond donors (Lipinski definition) is 4. The number of halogens is 4. The second-order valence-electron chi connectivity index (χ2n) is 9.48. The molecular weight excluding hydrogens is 528 g/mol. The third kappa shape index (κ3) is 4.58. The Hall–Kier alpha value is -4.64.